The largest absolute Gasteiger partial charge is 0.337 e. The van der Waals surface area contributed by atoms with Crippen LogP contribution in [0.1, 0.15) is 30.5 Å². The Hall–Kier alpha value is -3.98. The molecule has 9 nitrogen and oxygen atoms in total. The van der Waals surface area contributed by atoms with Crippen LogP contribution in [0.15, 0.2) is 64.2 Å². The molecule has 1 N–H and O–H groups in total. The molecule has 0 bridgehead atoms. The van der Waals surface area contributed by atoms with Gasteiger partial charge in [0.2, 0.25) is 11.8 Å². The molecule has 6 rings (SSSR count). The number of anilines is 1. The molecule has 1 fully saturated rings. The number of aromatic nitrogens is 5. The minimum atomic E-state index is -0.289. The number of nitrogens with zero attached hydrogens (tertiary/aromatic N) is 5. The lowest BCUT2D eigenvalue weighted by Crippen LogP contribution is -2.25. The fourth-order valence-corrected chi connectivity index (χ4v) is 4.31. The van der Waals surface area contributed by atoms with Crippen LogP contribution in [0.25, 0.3) is 21.9 Å². The second kappa shape index (κ2) is 8.11. The zero-order valence-corrected chi connectivity index (χ0v) is 18.7. The predicted molar refractivity (Wildman–Crippen MR) is 127 cm³/mol. The SMILES string of the molecule is O=C(Cn1c2ccccc2c2ncn(Cc3nc(C4CC4)no3)c(=O)c21)Nc1cccc(Cl)c1. The van der Waals surface area contributed by atoms with Gasteiger partial charge in [0.1, 0.15) is 24.1 Å². The summed E-state index contributed by atoms with van der Waals surface area (Å²) in [6.45, 7) is 0.0432. The first-order valence-corrected chi connectivity index (χ1v) is 11.3. The van der Waals surface area contributed by atoms with Gasteiger partial charge in [0.05, 0.1) is 11.8 Å². The summed E-state index contributed by atoms with van der Waals surface area (Å²) in [5.74, 6) is 1.11. The molecule has 0 spiro atoms. The van der Waals surface area contributed by atoms with E-state index < -0.39 is 0 Å². The minimum Gasteiger partial charge on any atom is -0.337 e. The molecule has 1 aliphatic carbocycles. The third-order valence-corrected chi connectivity index (χ3v) is 6.11. The van der Waals surface area contributed by atoms with Crippen molar-refractivity contribution in [2.45, 2.75) is 31.8 Å². The lowest BCUT2D eigenvalue weighted by Gasteiger charge is -2.09. The van der Waals surface area contributed by atoms with Crippen LogP contribution in [-0.2, 0) is 17.9 Å². The fraction of sp³-hybridized carbons (Fsp3) is 0.208. The van der Waals surface area contributed by atoms with Gasteiger partial charge < -0.3 is 14.4 Å². The number of carbonyl (C=O) groups excluding carboxylic acids is 1. The second-order valence-corrected chi connectivity index (χ2v) is 8.79. The van der Waals surface area contributed by atoms with E-state index in [2.05, 4.69) is 20.4 Å². The highest BCUT2D eigenvalue weighted by molar-refractivity contribution is 6.30. The number of halogens is 1. The second-order valence-electron chi connectivity index (χ2n) is 8.36. The highest BCUT2D eigenvalue weighted by atomic mass is 35.5. The summed E-state index contributed by atoms with van der Waals surface area (Å²) in [5, 5.41) is 8.17. The summed E-state index contributed by atoms with van der Waals surface area (Å²) < 4.78 is 8.46. The van der Waals surface area contributed by atoms with Gasteiger partial charge in [-0.2, -0.15) is 4.98 Å². The molecule has 3 heterocycles. The molecule has 0 aliphatic heterocycles. The molecule has 3 aromatic heterocycles. The number of rotatable bonds is 6. The minimum absolute atomic E-state index is 0.0656. The number of amides is 1. The summed E-state index contributed by atoms with van der Waals surface area (Å²) in [5.41, 5.74) is 1.91. The van der Waals surface area contributed by atoms with Gasteiger partial charge in [-0.1, -0.05) is 41.0 Å². The molecule has 1 saturated carbocycles. The number of fused-ring (bicyclic) bond motifs is 3. The van der Waals surface area contributed by atoms with Crippen LogP contribution < -0.4 is 10.9 Å². The van der Waals surface area contributed by atoms with E-state index in [9.17, 15) is 9.59 Å². The van der Waals surface area contributed by atoms with Gasteiger partial charge in [-0.3, -0.25) is 14.2 Å². The molecule has 170 valence electrons. The van der Waals surface area contributed by atoms with Crippen molar-refractivity contribution in [3.63, 3.8) is 0 Å². The maximum absolute atomic E-state index is 13.5. The Bertz CT molecular complexity index is 1610. The van der Waals surface area contributed by atoms with E-state index in [4.69, 9.17) is 16.1 Å². The molecule has 1 aliphatic rings. The molecular weight excluding hydrogens is 456 g/mol. The Kier molecular flexibility index (Phi) is 4.91. The van der Waals surface area contributed by atoms with Crippen molar-refractivity contribution in [3.8, 4) is 0 Å². The number of benzene rings is 2. The summed E-state index contributed by atoms with van der Waals surface area (Å²) in [4.78, 5) is 35.4. The lowest BCUT2D eigenvalue weighted by molar-refractivity contribution is -0.116. The smallest absolute Gasteiger partial charge is 0.278 e. The van der Waals surface area contributed by atoms with Gasteiger partial charge in [0, 0.05) is 22.0 Å². The van der Waals surface area contributed by atoms with Crippen LogP contribution in [0, 0.1) is 0 Å². The number of nitrogens with one attached hydrogen (secondary N) is 1. The van der Waals surface area contributed by atoms with Crippen molar-refractivity contribution >= 4 is 45.1 Å². The van der Waals surface area contributed by atoms with Crippen LogP contribution in [-0.4, -0.2) is 30.2 Å². The van der Waals surface area contributed by atoms with Gasteiger partial charge in [0.25, 0.3) is 5.56 Å². The predicted octanol–water partition coefficient (Wildman–Crippen LogP) is 3.95. The van der Waals surface area contributed by atoms with Crippen LogP contribution in [0.2, 0.25) is 5.02 Å². The van der Waals surface area contributed by atoms with E-state index in [0.29, 0.717) is 39.4 Å². The van der Waals surface area contributed by atoms with Crippen molar-refractivity contribution in [2.75, 3.05) is 5.32 Å². The molecule has 1 amide bonds. The average Bonchev–Trinajstić information content (AvgIpc) is 3.49. The maximum Gasteiger partial charge on any atom is 0.278 e. The van der Waals surface area contributed by atoms with Crippen molar-refractivity contribution in [1.82, 2.24) is 24.3 Å². The molecule has 0 radical (unpaired) electrons. The number of carbonyl (C=O) groups is 1. The Morgan fingerprint density at radius 2 is 2.03 bits per heavy atom. The molecule has 0 atom stereocenters. The molecular formula is C24H19ClN6O3. The maximum atomic E-state index is 13.5. The normalized spacial score (nSPS) is 13.6. The van der Waals surface area contributed by atoms with Gasteiger partial charge in [-0.25, -0.2) is 4.98 Å². The quantitative estimate of drug-likeness (QED) is 0.399. The Morgan fingerprint density at radius 1 is 1.18 bits per heavy atom. The molecule has 0 saturated heterocycles. The van der Waals surface area contributed by atoms with E-state index >= 15 is 0 Å². The van der Waals surface area contributed by atoms with E-state index in [1.165, 1.54) is 10.9 Å². The number of para-hydroxylation sites is 1. The van der Waals surface area contributed by atoms with E-state index in [1.54, 1.807) is 28.8 Å². The Balaban J connectivity index is 1.39. The number of hydrogen-bond acceptors (Lipinski definition) is 6. The lowest BCUT2D eigenvalue weighted by atomic mass is 10.2. The third kappa shape index (κ3) is 3.73. The molecule has 2 aromatic carbocycles. The summed E-state index contributed by atoms with van der Waals surface area (Å²) in [7, 11) is 0. The highest BCUT2D eigenvalue weighted by Crippen LogP contribution is 2.38. The van der Waals surface area contributed by atoms with Crippen LogP contribution in [0.5, 0.6) is 0 Å². The first-order valence-electron chi connectivity index (χ1n) is 10.9. The third-order valence-electron chi connectivity index (χ3n) is 5.88. The topological polar surface area (TPSA) is 108 Å². The summed E-state index contributed by atoms with van der Waals surface area (Å²) in [6, 6.07) is 14.4. The number of hydrogen-bond donors (Lipinski definition) is 1. The standard InChI is InChI=1S/C24H19ClN6O3/c25-15-4-3-5-16(10-15)27-19(32)11-31-18-7-2-1-6-17(18)21-22(31)24(33)30(13-26-21)12-20-28-23(29-34-20)14-8-9-14/h1-7,10,13-14H,8-9,11-12H2,(H,27,32). The monoisotopic (exact) mass is 474 g/mol. The van der Waals surface area contributed by atoms with Gasteiger partial charge >= 0.3 is 0 Å². The van der Waals surface area contributed by atoms with Gasteiger partial charge in [0.15, 0.2) is 5.82 Å². The first-order chi connectivity index (χ1) is 16.6. The average molecular weight is 475 g/mol. The van der Waals surface area contributed by atoms with Crippen molar-refractivity contribution < 1.29 is 9.32 Å². The molecule has 0 unspecified atom stereocenters. The fourth-order valence-electron chi connectivity index (χ4n) is 4.12. The zero-order chi connectivity index (χ0) is 23.2. The van der Waals surface area contributed by atoms with Crippen LogP contribution >= 0.6 is 11.6 Å². The zero-order valence-electron chi connectivity index (χ0n) is 17.9. The van der Waals surface area contributed by atoms with Gasteiger partial charge in [-0.05, 0) is 37.1 Å². The van der Waals surface area contributed by atoms with Crippen molar-refractivity contribution in [3.05, 3.63) is 81.9 Å². The van der Waals surface area contributed by atoms with Crippen molar-refractivity contribution in [2.24, 2.45) is 0 Å². The molecule has 34 heavy (non-hydrogen) atoms. The van der Waals surface area contributed by atoms with Crippen molar-refractivity contribution in [1.29, 1.82) is 0 Å². The van der Waals surface area contributed by atoms with Crippen LogP contribution in [0.4, 0.5) is 5.69 Å². The van der Waals surface area contributed by atoms with E-state index in [1.807, 2.05) is 24.3 Å². The Morgan fingerprint density at radius 3 is 2.85 bits per heavy atom. The molecule has 5 aromatic rings. The van der Waals surface area contributed by atoms with Gasteiger partial charge in [-0.15, -0.1) is 0 Å². The Labute approximate surface area is 198 Å². The first kappa shape index (κ1) is 20.6. The van der Waals surface area contributed by atoms with E-state index in [0.717, 1.165) is 23.7 Å². The molecule has 10 heteroatoms. The highest BCUT2D eigenvalue weighted by Gasteiger charge is 2.29. The summed E-state index contributed by atoms with van der Waals surface area (Å²) in [6.07, 6.45) is 3.60. The summed E-state index contributed by atoms with van der Waals surface area (Å²) >= 11 is 6.03. The van der Waals surface area contributed by atoms with Crippen LogP contribution in [0.3, 0.4) is 0 Å². The van der Waals surface area contributed by atoms with E-state index in [-0.39, 0.29) is 24.6 Å².